The Morgan fingerprint density at radius 3 is 2.58 bits per heavy atom. The normalized spacial score (nSPS) is 12.7. The summed E-state index contributed by atoms with van der Waals surface area (Å²) in [6, 6.07) is 3.51. The maximum atomic E-state index is 12.5. The van der Waals surface area contributed by atoms with Gasteiger partial charge in [-0.05, 0) is 17.7 Å². The number of hydrogen-bond acceptors (Lipinski definition) is 5. The Balaban J connectivity index is 2.20. The molecule has 0 unspecified atom stereocenters. The largest absolute Gasteiger partial charge is 0.439 e. The average Bonchev–Trinajstić information content (AvgIpc) is 2.77. The minimum Gasteiger partial charge on any atom is -0.410 e. The van der Waals surface area contributed by atoms with Crippen LogP contribution in [0.2, 0.25) is 0 Å². The molecule has 0 saturated heterocycles. The molecule has 8 heteroatoms. The van der Waals surface area contributed by atoms with Gasteiger partial charge in [0, 0.05) is 24.2 Å². The molecule has 2 aromatic rings. The molecule has 0 aromatic carbocycles. The minimum absolute atomic E-state index is 0.348. The Bertz CT molecular complexity index is 580. The minimum atomic E-state index is -4.72. The highest BCUT2D eigenvalue weighted by Gasteiger charge is 2.39. The molecule has 0 aliphatic carbocycles. The number of thiazole rings is 1. The summed E-state index contributed by atoms with van der Waals surface area (Å²) in [5.41, 5.74) is -0.00331. The van der Waals surface area contributed by atoms with Crippen molar-refractivity contribution in [1.82, 2.24) is 9.97 Å². The van der Waals surface area contributed by atoms with Crippen LogP contribution in [0.4, 0.5) is 13.2 Å². The van der Waals surface area contributed by atoms with Crippen LogP contribution in [0.3, 0.4) is 0 Å². The number of oxime groups is 1. The van der Waals surface area contributed by atoms with Crippen molar-refractivity contribution in [3.8, 4) is 0 Å². The third kappa shape index (κ3) is 3.28. The first kappa shape index (κ1) is 13.5. The van der Waals surface area contributed by atoms with E-state index < -0.39 is 11.9 Å². The van der Waals surface area contributed by atoms with Crippen LogP contribution in [0.15, 0.2) is 35.1 Å². The second-order valence-electron chi connectivity index (χ2n) is 3.62. The van der Waals surface area contributed by atoms with E-state index in [-0.39, 0.29) is 5.01 Å². The Morgan fingerprint density at radius 1 is 1.32 bits per heavy atom. The molecule has 19 heavy (non-hydrogen) atoms. The molecule has 0 radical (unpaired) electrons. The van der Waals surface area contributed by atoms with Gasteiger partial charge in [-0.25, -0.2) is 4.98 Å². The van der Waals surface area contributed by atoms with Gasteiger partial charge in [0.25, 0.3) is 0 Å². The third-order valence-electron chi connectivity index (χ3n) is 2.26. The molecule has 0 amide bonds. The molecule has 2 heterocycles. The fourth-order valence-electron chi connectivity index (χ4n) is 1.43. The van der Waals surface area contributed by atoms with Crippen molar-refractivity contribution in [1.29, 1.82) is 0 Å². The zero-order valence-corrected chi connectivity index (χ0v) is 10.2. The van der Waals surface area contributed by atoms with Crippen LogP contribution in [-0.2, 0) is 6.42 Å². The monoisotopic (exact) mass is 287 g/mol. The summed E-state index contributed by atoms with van der Waals surface area (Å²) in [7, 11) is 0. The highest BCUT2D eigenvalue weighted by molar-refractivity contribution is 7.11. The summed E-state index contributed by atoms with van der Waals surface area (Å²) >= 11 is 0.791. The standard InChI is InChI=1S/C11H8F3N3OS/c12-11(13,14)9(17-18)10-16-8(6-19-10)5-7-1-3-15-4-2-7/h1-4,6,18H,5H2/b17-9+. The lowest BCUT2D eigenvalue weighted by atomic mass is 10.2. The van der Waals surface area contributed by atoms with Gasteiger partial charge in [-0.2, -0.15) is 13.2 Å². The zero-order chi connectivity index (χ0) is 13.9. The number of alkyl halides is 3. The van der Waals surface area contributed by atoms with Crippen molar-refractivity contribution in [2.45, 2.75) is 12.6 Å². The van der Waals surface area contributed by atoms with Crippen LogP contribution in [0.25, 0.3) is 0 Å². The van der Waals surface area contributed by atoms with Crippen molar-refractivity contribution < 1.29 is 18.4 Å². The molecule has 2 rings (SSSR count). The summed E-state index contributed by atoms with van der Waals surface area (Å²) < 4.78 is 37.5. The average molecular weight is 287 g/mol. The van der Waals surface area contributed by atoms with Crippen LogP contribution in [0.1, 0.15) is 16.3 Å². The third-order valence-corrected chi connectivity index (χ3v) is 3.16. The summed E-state index contributed by atoms with van der Waals surface area (Å²) in [6.07, 6.45) is -1.13. The smallest absolute Gasteiger partial charge is 0.410 e. The molecule has 100 valence electrons. The second-order valence-corrected chi connectivity index (χ2v) is 4.48. The maximum Gasteiger partial charge on any atom is 0.439 e. The predicted octanol–water partition coefficient (Wildman–Crippen LogP) is 2.87. The molecule has 0 bridgehead atoms. The number of pyridine rings is 1. The highest BCUT2D eigenvalue weighted by Crippen LogP contribution is 2.25. The number of rotatable bonds is 3. The van der Waals surface area contributed by atoms with Gasteiger partial charge in [-0.3, -0.25) is 4.98 Å². The first-order valence-corrected chi connectivity index (χ1v) is 6.01. The quantitative estimate of drug-likeness (QED) is 0.536. The topological polar surface area (TPSA) is 58.4 Å². The van der Waals surface area contributed by atoms with E-state index in [1.807, 2.05) is 0 Å². The summed E-state index contributed by atoms with van der Waals surface area (Å²) in [5.74, 6) is 0. The summed E-state index contributed by atoms with van der Waals surface area (Å²) in [5, 5.41) is 11.9. The molecule has 0 atom stereocenters. The number of halogens is 3. The summed E-state index contributed by atoms with van der Waals surface area (Å²) in [6.45, 7) is 0. The lowest BCUT2D eigenvalue weighted by Crippen LogP contribution is -2.23. The molecule has 0 aliphatic heterocycles. The Labute approximate surface area is 110 Å². The molecule has 2 aromatic heterocycles. The summed E-state index contributed by atoms with van der Waals surface area (Å²) in [4.78, 5) is 7.68. The fourth-order valence-corrected chi connectivity index (χ4v) is 2.25. The fraction of sp³-hybridized carbons (Fsp3) is 0.182. The SMILES string of the molecule is O/N=C(\c1nc(Cc2ccncc2)cs1)C(F)(F)F. The van der Waals surface area contributed by atoms with Gasteiger partial charge in [-0.1, -0.05) is 5.16 Å². The van der Waals surface area contributed by atoms with Crippen molar-refractivity contribution in [3.63, 3.8) is 0 Å². The first-order chi connectivity index (χ1) is 9.00. The van der Waals surface area contributed by atoms with Crippen LogP contribution in [-0.4, -0.2) is 27.1 Å². The zero-order valence-electron chi connectivity index (χ0n) is 9.42. The molecule has 0 aliphatic rings. The van der Waals surface area contributed by atoms with Gasteiger partial charge >= 0.3 is 6.18 Å². The van der Waals surface area contributed by atoms with E-state index in [0.29, 0.717) is 12.1 Å². The van der Waals surface area contributed by atoms with Gasteiger partial charge in [-0.15, -0.1) is 11.3 Å². The van der Waals surface area contributed by atoms with Gasteiger partial charge in [0.2, 0.25) is 5.71 Å². The van der Waals surface area contributed by atoms with E-state index in [9.17, 15) is 13.2 Å². The van der Waals surface area contributed by atoms with Crippen LogP contribution >= 0.6 is 11.3 Å². The predicted molar refractivity (Wildman–Crippen MR) is 63.5 cm³/mol. The Kier molecular flexibility index (Phi) is 3.79. The Hall–Kier alpha value is -1.96. The van der Waals surface area contributed by atoms with E-state index in [0.717, 1.165) is 16.9 Å². The van der Waals surface area contributed by atoms with Crippen molar-refractivity contribution in [2.75, 3.05) is 0 Å². The molecule has 4 nitrogen and oxygen atoms in total. The maximum absolute atomic E-state index is 12.5. The van der Waals surface area contributed by atoms with Crippen molar-refractivity contribution in [2.24, 2.45) is 5.16 Å². The Morgan fingerprint density at radius 2 is 2.00 bits per heavy atom. The van der Waals surface area contributed by atoms with Crippen LogP contribution < -0.4 is 0 Å². The van der Waals surface area contributed by atoms with E-state index in [1.165, 1.54) is 5.38 Å². The number of nitrogens with zero attached hydrogens (tertiary/aromatic N) is 3. The van der Waals surface area contributed by atoms with Crippen LogP contribution in [0, 0.1) is 0 Å². The number of hydrogen-bond donors (Lipinski definition) is 1. The van der Waals surface area contributed by atoms with Gasteiger partial charge in [0.15, 0.2) is 5.01 Å². The van der Waals surface area contributed by atoms with E-state index in [1.54, 1.807) is 24.5 Å². The molecule has 1 N–H and O–H groups in total. The van der Waals surface area contributed by atoms with E-state index in [4.69, 9.17) is 5.21 Å². The number of aromatic nitrogens is 2. The van der Waals surface area contributed by atoms with Crippen LogP contribution in [0.5, 0.6) is 0 Å². The molecular weight excluding hydrogens is 279 g/mol. The van der Waals surface area contributed by atoms with Gasteiger partial charge in [0.05, 0.1) is 5.69 Å². The van der Waals surface area contributed by atoms with Crippen molar-refractivity contribution in [3.05, 3.63) is 46.2 Å². The van der Waals surface area contributed by atoms with E-state index >= 15 is 0 Å². The molecule has 0 saturated carbocycles. The second kappa shape index (κ2) is 5.35. The lowest BCUT2D eigenvalue weighted by Gasteiger charge is -2.04. The first-order valence-electron chi connectivity index (χ1n) is 5.13. The van der Waals surface area contributed by atoms with Crippen molar-refractivity contribution >= 4 is 17.0 Å². The molecule has 0 spiro atoms. The van der Waals surface area contributed by atoms with Gasteiger partial charge in [0.1, 0.15) is 0 Å². The van der Waals surface area contributed by atoms with E-state index in [2.05, 4.69) is 15.1 Å². The van der Waals surface area contributed by atoms with Gasteiger partial charge < -0.3 is 5.21 Å². The molecule has 0 fully saturated rings. The highest BCUT2D eigenvalue weighted by atomic mass is 32.1. The lowest BCUT2D eigenvalue weighted by molar-refractivity contribution is -0.0601. The molecular formula is C11H8F3N3OS.